The van der Waals surface area contributed by atoms with Gasteiger partial charge in [0.1, 0.15) is 5.82 Å². The Hall–Kier alpha value is -1.16. The highest BCUT2D eigenvalue weighted by Crippen LogP contribution is 2.23. The normalized spacial score (nSPS) is 20.4. The summed E-state index contributed by atoms with van der Waals surface area (Å²) in [7, 11) is 1.92. The maximum absolute atomic E-state index is 4.47. The van der Waals surface area contributed by atoms with Gasteiger partial charge in [0.2, 0.25) is 0 Å². The number of hydrogen-bond acceptors (Lipinski definition) is 4. The largest absolute Gasteiger partial charge is 0.355 e. The van der Waals surface area contributed by atoms with Crippen LogP contribution in [0.3, 0.4) is 0 Å². The summed E-state index contributed by atoms with van der Waals surface area (Å²) in [6.45, 7) is 5.30. The molecule has 1 aromatic rings. The Kier molecular flexibility index (Phi) is 3.72. The van der Waals surface area contributed by atoms with Gasteiger partial charge in [-0.2, -0.15) is 0 Å². The molecule has 0 amide bonds. The van der Waals surface area contributed by atoms with Crippen LogP contribution < -0.4 is 10.2 Å². The van der Waals surface area contributed by atoms with Crippen molar-refractivity contribution in [1.29, 1.82) is 0 Å². The van der Waals surface area contributed by atoms with Crippen molar-refractivity contribution in [3.63, 3.8) is 0 Å². The predicted molar refractivity (Wildman–Crippen MR) is 65.4 cm³/mol. The fraction of sp³-hybridized carbons (Fsp3) is 0.667. The molecule has 1 unspecified atom stereocenters. The van der Waals surface area contributed by atoms with E-state index in [0.717, 1.165) is 37.1 Å². The number of aromatic nitrogens is 2. The highest BCUT2D eigenvalue weighted by Gasteiger charge is 2.21. The van der Waals surface area contributed by atoms with Crippen molar-refractivity contribution in [2.45, 2.75) is 26.3 Å². The van der Waals surface area contributed by atoms with Crippen LogP contribution in [0.5, 0.6) is 0 Å². The zero-order valence-corrected chi connectivity index (χ0v) is 10.1. The smallest absolute Gasteiger partial charge is 0.147 e. The molecule has 1 aliphatic rings. The van der Waals surface area contributed by atoms with E-state index in [1.165, 1.54) is 12.8 Å². The Morgan fingerprint density at radius 2 is 2.31 bits per heavy atom. The molecule has 0 spiro atoms. The first kappa shape index (κ1) is 11.3. The van der Waals surface area contributed by atoms with Gasteiger partial charge in [-0.15, -0.1) is 0 Å². The minimum Gasteiger partial charge on any atom is -0.355 e. The molecular weight excluding hydrogens is 200 g/mol. The summed E-state index contributed by atoms with van der Waals surface area (Å²) in [6, 6.07) is 0. The molecule has 16 heavy (non-hydrogen) atoms. The van der Waals surface area contributed by atoms with E-state index >= 15 is 0 Å². The van der Waals surface area contributed by atoms with Crippen molar-refractivity contribution < 1.29 is 0 Å². The van der Waals surface area contributed by atoms with Gasteiger partial charge in [-0.25, -0.2) is 4.98 Å². The number of nitrogens with one attached hydrogen (secondary N) is 1. The predicted octanol–water partition coefficient (Wildman–Crippen LogP) is 1.43. The first-order valence-corrected chi connectivity index (χ1v) is 6.04. The fourth-order valence-corrected chi connectivity index (χ4v) is 2.16. The molecular formula is C12H20N4. The number of nitrogens with zero attached hydrogens (tertiary/aromatic N) is 3. The average molecular weight is 220 g/mol. The van der Waals surface area contributed by atoms with Gasteiger partial charge in [-0.05, 0) is 19.4 Å². The highest BCUT2D eigenvalue weighted by molar-refractivity contribution is 5.37. The minimum atomic E-state index is 0.783. The molecule has 1 saturated heterocycles. The van der Waals surface area contributed by atoms with Gasteiger partial charge >= 0.3 is 0 Å². The molecule has 1 fully saturated rings. The second kappa shape index (κ2) is 5.25. The lowest BCUT2D eigenvalue weighted by molar-refractivity contribution is 0.568. The lowest BCUT2D eigenvalue weighted by Gasteiger charge is -2.16. The maximum Gasteiger partial charge on any atom is 0.147 e. The van der Waals surface area contributed by atoms with Gasteiger partial charge in [0.15, 0.2) is 0 Å². The Morgan fingerprint density at radius 3 is 2.88 bits per heavy atom. The molecule has 1 aliphatic heterocycles. The van der Waals surface area contributed by atoms with Gasteiger partial charge in [0.05, 0.1) is 18.1 Å². The molecule has 1 atom stereocenters. The van der Waals surface area contributed by atoms with Crippen molar-refractivity contribution in [3.8, 4) is 0 Å². The first-order valence-electron chi connectivity index (χ1n) is 6.04. The van der Waals surface area contributed by atoms with Gasteiger partial charge in [0, 0.05) is 19.6 Å². The van der Waals surface area contributed by atoms with E-state index in [1.54, 1.807) is 0 Å². The van der Waals surface area contributed by atoms with E-state index in [2.05, 4.69) is 27.1 Å². The van der Waals surface area contributed by atoms with E-state index < -0.39 is 0 Å². The molecule has 0 radical (unpaired) electrons. The second-order valence-corrected chi connectivity index (χ2v) is 4.41. The summed E-state index contributed by atoms with van der Waals surface area (Å²) in [5.74, 6) is 1.86. The summed E-state index contributed by atoms with van der Waals surface area (Å²) < 4.78 is 0. The van der Waals surface area contributed by atoms with Crippen molar-refractivity contribution in [1.82, 2.24) is 15.3 Å². The van der Waals surface area contributed by atoms with Crippen LogP contribution in [0.1, 0.15) is 25.5 Å². The second-order valence-electron chi connectivity index (χ2n) is 4.41. The number of anilines is 1. The van der Waals surface area contributed by atoms with Crippen molar-refractivity contribution >= 4 is 5.82 Å². The summed E-state index contributed by atoms with van der Waals surface area (Å²) in [6.07, 6.45) is 6.31. The van der Waals surface area contributed by atoms with Crippen LogP contribution in [0.2, 0.25) is 0 Å². The fourth-order valence-electron chi connectivity index (χ4n) is 2.16. The molecule has 1 aromatic heterocycles. The third kappa shape index (κ3) is 2.50. The highest BCUT2D eigenvalue weighted by atomic mass is 15.2. The van der Waals surface area contributed by atoms with Crippen molar-refractivity contribution in [2.24, 2.45) is 5.92 Å². The molecule has 2 heterocycles. The van der Waals surface area contributed by atoms with Crippen LogP contribution in [-0.4, -0.2) is 30.1 Å². The zero-order chi connectivity index (χ0) is 11.4. The van der Waals surface area contributed by atoms with Crippen LogP contribution in [0.4, 0.5) is 5.82 Å². The van der Waals surface area contributed by atoms with E-state index in [9.17, 15) is 0 Å². The molecule has 0 aliphatic carbocycles. The standard InChI is InChI=1S/C12H20N4/c1-3-10-4-5-16(9-10)12-8-14-11(6-13-2)7-15-12/h7-8,10,13H,3-6,9H2,1-2H3. The Labute approximate surface area is 97.1 Å². The average Bonchev–Trinajstić information content (AvgIpc) is 2.79. The summed E-state index contributed by atoms with van der Waals surface area (Å²) >= 11 is 0. The molecule has 0 aromatic carbocycles. The van der Waals surface area contributed by atoms with Crippen LogP contribution >= 0.6 is 0 Å². The molecule has 0 saturated carbocycles. The molecule has 4 nitrogen and oxygen atoms in total. The molecule has 4 heteroatoms. The van der Waals surface area contributed by atoms with E-state index in [0.29, 0.717) is 0 Å². The van der Waals surface area contributed by atoms with Crippen LogP contribution in [0, 0.1) is 5.92 Å². The van der Waals surface area contributed by atoms with E-state index in [4.69, 9.17) is 0 Å². The van der Waals surface area contributed by atoms with Crippen LogP contribution in [-0.2, 0) is 6.54 Å². The minimum absolute atomic E-state index is 0.783. The third-order valence-electron chi connectivity index (χ3n) is 3.24. The summed E-state index contributed by atoms with van der Waals surface area (Å²) in [5.41, 5.74) is 0.998. The number of rotatable bonds is 4. The number of hydrogen-bond donors (Lipinski definition) is 1. The SMILES string of the molecule is CCC1CCN(c2cnc(CNC)cn2)C1. The lowest BCUT2D eigenvalue weighted by atomic mass is 10.1. The van der Waals surface area contributed by atoms with Gasteiger partial charge < -0.3 is 10.2 Å². The zero-order valence-electron chi connectivity index (χ0n) is 10.1. The Balaban J connectivity index is 1.99. The van der Waals surface area contributed by atoms with Gasteiger partial charge in [-0.1, -0.05) is 13.3 Å². The van der Waals surface area contributed by atoms with Crippen LogP contribution in [0.15, 0.2) is 12.4 Å². The quantitative estimate of drug-likeness (QED) is 0.833. The Morgan fingerprint density at radius 1 is 1.44 bits per heavy atom. The monoisotopic (exact) mass is 220 g/mol. The van der Waals surface area contributed by atoms with E-state index in [1.807, 2.05) is 19.4 Å². The molecule has 1 N–H and O–H groups in total. The molecule has 0 bridgehead atoms. The molecule has 2 rings (SSSR count). The van der Waals surface area contributed by atoms with E-state index in [-0.39, 0.29) is 0 Å². The Bertz CT molecular complexity index is 322. The summed E-state index contributed by atoms with van der Waals surface area (Å²) in [4.78, 5) is 11.2. The lowest BCUT2D eigenvalue weighted by Crippen LogP contribution is -2.21. The summed E-state index contributed by atoms with van der Waals surface area (Å²) in [5, 5.41) is 3.07. The van der Waals surface area contributed by atoms with Crippen molar-refractivity contribution in [2.75, 3.05) is 25.0 Å². The third-order valence-corrected chi connectivity index (χ3v) is 3.24. The maximum atomic E-state index is 4.47. The topological polar surface area (TPSA) is 41.1 Å². The van der Waals surface area contributed by atoms with Crippen LogP contribution in [0.25, 0.3) is 0 Å². The first-order chi connectivity index (χ1) is 7.83. The molecule has 88 valence electrons. The van der Waals surface area contributed by atoms with Crippen molar-refractivity contribution in [3.05, 3.63) is 18.1 Å². The van der Waals surface area contributed by atoms with Gasteiger partial charge in [0.25, 0.3) is 0 Å². The van der Waals surface area contributed by atoms with Gasteiger partial charge in [-0.3, -0.25) is 4.98 Å².